The van der Waals surface area contributed by atoms with Crippen molar-refractivity contribution in [1.29, 1.82) is 0 Å². The topological polar surface area (TPSA) is 95.1 Å². The van der Waals surface area contributed by atoms with Crippen molar-refractivity contribution in [3.05, 3.63) is 52.4 Å². The monoisotopic (exact) mass is 273 g/mol. The smallest absolute Gasteiger partial charge is 0.264 e. The van der Waals surface area contributed by atoms with Gasteiger partial charge in [-0.3, -0.25) is 9.59 Å². The van der Waals surface area contributed by atoms with Crippen LogP contribution >= 0.6 is 0 Å². The van der Waals surface area contributed by atoms with E-state index in [2.05, 4.69) is 15.3 Å². The first kappa shape index (κ1) is 14.0. The zero-order valence-corrected chi connectivity index (χ0v) is 11.0. The number of nitrogens with zero attached hydrogens (tertiary/aromatic N) is 1. The van der Waals surface area contributed by atoms with Gasteiger partial charge in [0.25, 0.3) is 11.5 Å². The summed E-state index contributed by atoms with van der Waals surface area (Å²) in [7, 11) is 0. The number of hydrogen-bond donors (Lipinski definition) is 3. The predicted molar refractivity (Wildman–Crippen MR) is 74.3 cm³/mol. The van der Waals surface area contributed by atoms with E-state index in [1.807, 2.05) is 30.3 Å². The number of hydrogen-bond acceptors (Lipinski definition) is 4. The van der Waals surface area contributed by atoms with Crippen LogP contribution in [0.3, 0.4) is 0 Å². The van der Waals surface area contributed by atoms with Crippen LogP contribution < -0.4 is 10.9 Å². The van der Waals surface area contributed by atoms with Crippen LogP contribution in [0, 0.1) is 0 Å². The lowest BCUT2D eigenvalue weighted by Gasteiger charge is -2.07. The third kappa shape index (κ3) is 3.30. The Hall–Kier alpha value is -2.47. The van der Waals surface area contributed by atoms with E-state index in [4.69, 9.17) is 5.11 Å². The summed E-state index contributed by atoms with van der Waals surface area (Å²) in [6.07, 6.45) is 0.563. The van der Waals surface area contributed by atoms with Crippen molar-refractivity contribution in [2.75, 3.05) is 6.54 Å². The van der Waals surface area contributed by atoms with E-state index in [1.54, 1.807) is 6.92 Å². The zero-order valence-electron chi connectivity index (χ0n) is 11.0. The van der Waals surface area contributed by atoms with Crippen LogP contribution in [-0.4, -0.2) is 33.6 Å². The molecule has 0 aliphatic heterocycles. The lowest BCUT2D eigenvalue weighted by molar-refractivity contribution is 0.0922. The van der Waals surface area contributed by atoms with Gasteiger partial charge in [0, 0.05) is 18.3 Å². The van der Waals surface area contributed by atoms with E-state index in [0.29, 0.717) is 5.82 Å². The second-order valence-electron chi connectivity index (χ2n) is 4.40. The molecule has 1 heterocycles. The van der Waals surface area contributed by atoms with E-state index in [0.717, 1.165) is 5.56 Å². The third-order valence-corrected chi connectivity index (χ3v) is 2.65. The number of nitrogens with one attached hydrogen (secondary N) is 2. The van der Waals surface area contributed by atoms with Crippen molar-refractivity contribution in [2.45, 2.75) is 13.0 Å². The fourth-order valence-corrected chi connectivity index (χ4v) is 1.63. The fraction of sp³-hybridized carbons (Fsp3) is 0.214. The van der Waals surface area contributed by atoms with Gasteiger partial charge >= 0.3 is 0 Å². The SMILES string of the molecule is C[C@H](O)CNC(=O)c1cnc(-c2ccccc2)[nH]c1=O. The highest BCUT2D eigenvalue weighted by atomic mass is 16.3. The number of aliphatic hydroxyl groups excluding tert-OH is 1. The second-order valence-corrected chi connectivity index (χ2v) is 4.40. The molecule has 0 saturated carbocycles. The molecule has 6 nitrogen and oxygen atoms in total. The number of carbonyl (C=O) groups excluding carboxylic acids is 1. The molecule has 0 fully saturated rings. The van der Waals surface area contributed by atoms with Gasteiger partial charge in [0.1, 0.15) is 11.4 Å². The maximum absolute atomic E-state index is 11.9. The van der Waals surface area contributed by atoms with Crippen molar-refractivity contribution in [1.82, 2.24) is 15.3 Å². The van der Waals surface area contributed by atoms with Crippen LogP contribution in [0.4, 0.5) is 0 Å². The molecule has 1 amide bonds. The first-order valence-corrected chi connectivity index (χ1v) is 6.19. The minimum Gasteiger partial charge on any atom is -0.392 e. The van der Waals surface area contributed by atoms with Crippen LogP contribution in [0.25, 0.3) is 11.4 Å². The lowest BCUT2D eigenvalue weighted by atomic mass is 10.2. The molecule has 3 N–H and O–H groups in total. The van der Waals surface area contributed by atoms with Gasteiger partial charge in [-0.25, -0.2) is 4.98 Å². The minimum atomic E-state index is -0.672. The number of aromatic amines is 1. The summed E-state index contributed by atoms with van der Waals surface area (Å²) < 4.78 is 0. The number of benzene rings is 1. The molecule has 0 radical (unpaired) electrons. The third-order valence-electron chi connectivity index (χ3n) is 2.65. The Morgan fingerprint density at radius 2 is 2.10 bits per heavy atom. The summed E-state index contributed by atoms with van der Waals surface area (Å²) in [4.78, 5) is 30.3. The molecule has 20 heavy (non-hydrogen) atoms. The molecule has 1 aromatic heterocycles. The molecule has 2 rings (SSSR count). The molecule has 0 spiro atoms. The van der Waals surface area contributed by atoms with Crippen molar-refractivity contribution >= 4 is 5.91 Å². The van der Waals surface area contributed by atoms with Crippen molar-refractivity contribution in [3.8, 4) is 11.4 Å². The molecule has 1 atom stereocenters. The molecule has 1 aromatic carbocycles. The van der Waals surface area contributed by atoms with Gasteiger partial charge in [-0.05, 0) is 6.92 Å². The molecular formula is C14H15N3O3. The Kier molecular flexibility index (Phi) is 4.27. The maximum Gasteiger partial charge on any atom is 0.264 e. The Balaban J connectivity index is 2.23. The van der Waals surface area contributed by atoms with Crippen molar-refractivity contribution < 1.29 is 9.90 Å². The van der Waals surface area contributed by atoms with Crippen molar-refractivity contribution in [3.63, 3.8) is 0 Å². The van der Waals surface area contributed by atoms with Crippen LogP contribution in [0.15, 0.2) is 41.3 Å². The highest BCUT2D eigenvalue weighted by Crippen LogP contribution is 2.11. The molecule has 0 aliphatic rings. The number of H-pyrrole nitrogens is 1. The second kappa shape index (κ2) is 6.12. The largest absolute Gasteiger partial charge is 0.392 e. The quantitative estimate of drug-likeness (QED) is 0.758. The van der Waals surface area contributed by atoms with Gasteiger partial charge in [0.2, 0.25) is 0 Å². The van der Waals surface area contributed by atoms with Gasteiger partial charge < -0.3 is 15.4 Å². The van der Waals surface area contributed by atoms with Gasteiger partial charge in [0.05, 0.1) is 6.10 Å². The molecule has 2 aromatic rings. The molecule has 104 valence electrons. The van der Waals surface area contributed by atoms with Gasteiger partial charge in [-0.2, -0.15) is 0 Å². The first-order chi connectivity index (χ1) is 9.58. The van der Waals surface area contributed by atoms with Gasteiger partial charge in [-0.15, -0.1) is 0 Å². The number of rotatable bonds is 4. The Morgan fingerprint density at radius 1 is 1.40 bits per heavy atom. The molecule has 6 heteroatoms. The Labute approximate surface area is 115 Å². The molecule has 0 aliphatic carbocycles. The predicted octanol–water partition coefficient (Wildman–Crippen LogP) is 0.547. The molecule has 0 unspecified atom stereocenters. The van der Waals surface area contributed by atoms with E-state index in [9.17, 15) is 9.59 Å². The highest BCUT2D eigenvalue weighted by Gasteiger charge is 2.12. The molecule has 0 bridgehead atoms. The number of aliphatic hydroxyl groups is 1. The summed E-state index contributed by atoms with van der Waals surface area (Å²) in [5.41, 5.74) is 0.174. The summed E-state index contributed by atoms with van der Waals surface area (Å²) in [5.74, 6) is -0.151. The molecule has 0 saturated heterocycles. The average Bonchev–Trinajstić information content (AvgIpc) is 2.45. The summed E-state index contributed by atoms with van der Waals surface area (Å²) in [5, 5.41) is 11.5. The first-order valence-electron chi connectivity index (χ1n) is 6.19. The molecular weight excluding hydrogens is 258 g/mol. The van der Waals surface area contributed by atoms with Crippen LogP contribution in [0.5, 0.6) is 0 Å². The highest BCUT2D eigenvalue weighted by molar-refractivity contribution is 5.93. The van der Waals surface area contributed by atoms with Crippen LogP contribution in [-0.2, 0) is 0 Å². The summed E-state index contributed by atoms with van der Waals surface area (Å²) in [6, 6.07) is 9.15. The average molecular weight is 273 g/mol. The van der Waals surface area contributed by atoms with Crippen LogP contribution in [0.2, 0.25) is 0 Å². The summed E-state index contributed by atoms with van der Waals surface area (Å²) in [6.45, 7) is 1.62. The van der Waals surface area contributed by atoms with E-state index in [1.165, 1.54) is 6.20 Å². The fourth-order valence-electron chi connectivity index (χ4n) is 1.63. The number of amides is 1. The van der Waals surface area contributed by atoms with Crippen LogP contribution in [0.1, 0.15) is 17.3 Å². The lowest BCUT2D eigenvalue weighted by Crippen LogP contribution is -2.34. The normalized spacial score (nSPS) is 11.9. The minimum absolute atomic E-state index is 0.0784. The van der Waals surface area contributed by atoms with E-state index >= 15 is 0 Å². The van der Waals surface area contributed by atoms with E-state index < -0.39 is 17.6 Å². The Bertz CT molecular complexity index is 650. The summed E-state index contributed by atoms with van der Waals surface area (Å²) >= 11 is 0. The number of aromatic nitrogens is 2. The van der Waals surface area contributed by atoms with Gasteiger partial charge in [0.15, 0.2) is 0 Å². The Morgan fingerprint density at radius 3 is 2.70 bits per heavy atom. The van der Waals surface area contributed by atoms with Crippen molar-refractivity contribution in [2.24, 2.45) is 0 Å². The van der Waals surface area contributed by atoms with Gasteiger partial charge in [-0.1, -0.05) is 30.3 Å². The standard InChI is InChI=1S/C14H15N3O3/c1-9(18)7-16-13(19)11-8-15-12(17-14(11)20)10-5-3-2-4-6-10/h2-6,8-9,18H,7H2,1H3,(H,16,19)(H,15,17,20)/t9-/m0/s1. The number of carbonyl (C=O) groups is 1. The zero-order chi connectivity index (χ0) is 14.5. The van der Waals surface area contributed by atoms with E-state index in [-0.39, 0.29) is 12.1 Å². The maximum atomic E-state index is 11.9.